The van der Waals surface area contributed by atoms with Crippen molar-refractivity contribution in [2.24, 2.45) is 0 Å². The number of halogens is 5. The molecule has 2 aromatic carbocycles. The summed E-state index contributed by atoms with van der Waals surface area (Å²) >= 11 is 1.75. The van der Waals surface area contributed by atoms with Crippen molar-refractivity contribution in [2.45, 2.75) is 99.5 Å². The first-order chi connectivity index (χ1) is 18.8. The quantitative estimate of drug-likeness (QED) is 0.157. The summed E-state index contributed by atoms with van der Waals surface area (Å²) in [4.78, 5) is 1.12. The Morgan fingerprint density at radius 2 is 1.43 bits per heavy atom. The van der Waals surface area contributed by atoms with Gasteiger partial charge >= 0.3 is 12.1 Å². The van der Waals surface area contributed by atoms with Crippen LogP contribution in [-0.2, 0) is 16.2 Å². The van der Waals surface area contributed by atoms with E-state index in [1.807, 2.05) is 24.3 Å². The molecule has 0 bridgehead atoms. The molecule has 10 heteroatoms. The van der Waals surface area contributed by atoms with Gasteiger partial charge < -0.3 is 10.2 Å². The van der Waals surface area contributed by atoms with Crippen LogP contribution >= 0.6 is 11.8 Å². The summed E-state index contributed by atoms with van der Waals surface area (Å²) in [5.74, 6) is -2.84. The van der Waals surface area contributed by atoms with E-state index in [1.54, 1.807) is 30.0 Å². The zero-order valence-electron chi connectivity index (χ0n) is 22.8. The maximum Gasteiger partial charge on any atom is 0.453 e. The van der Waals surface area contributed by atoms with Crippen molar-refractivity contribution in [3.8, 4) is 11.5 Å². The second-order valence-electron chi connectivity index (χ2n) is 10.9. The van der Waals surface area contributed by atoms with Gasteiger partial charge in [-0.25, -0.2) is 0 Å². The summed E-state index contributed by atoms with van der Waals surface area (Å²) in [5, 5.41) is 19.8. The fraction of sp³-hybridized carbons (Fsp3) is 0.600. The minimum absolute atomic E-state index is 0.110. The van der Waals surface area contributed by atoms with Gasteiger partial charge in [0.1, 0.15) is 11.5 Å². The molecule has 1 aliphatic heterocycles. The number of alkyl halides is 5. The van der Waals surface area contributed by atoms with E-state index in [2.05, 4.69) is 6.92 Å². The molecule has 0 aromatic heterocycles. The van der Waals surface area contributed by atoms with Crippen molar-refractivity contribution in [1.29, 1.82) is 0 Å². The zero-order chi connectivity index (χ0) is 29.4. The van der Waals surface area contributed by atoms with E-state index in [0.29, 0.717) is 12.2 Å². The van der Waals surface area contributed by atoms with Gasteiger partial charge in [0, 0.05) is 44.8 Å². The molecule has 0 radical (unpaired) electrons. The first-order valence-electron chi connectivity index (χ1n) is 13.9. The molecule has 0 fully saturated rings. The number of phenolic OH excluding ortho intramolecular Hbond substituents is 2. The lowest BCUT2D eigenvalue weighted by Gasteiger charge is -2.43. The zero-order valence-corrected chi connectivity index (χ0v) is 24.5. The topological polar surface area (TPSA) is 57.5 Å². The highest BCUT2D eigenvalue weighted by Crippen LogP contribution is 2.52. The Labute approximate surface area is 240 Å². The summed E-state index contributed by atoms with van der Waals surface area (Å²) < 4.78 is 74.4. The van der Waals surface area contributed by atoms with Crippen molar-refractivity contribution in [3.63, 3.8) is 0 Å². The smallest absolute Gasteiger partial charge is 0.453 e. The van der Waals surface area contributed by atoms with E-state index >= 15 is 0 Å². The second-order valence-corrected chi connectivity index (χ2v) is 13.7. The van der Waals surface area contributed by atoms with Gasteiger partial charge in [0.15, 0.2) is 0 Å². The third-order valence-electron chi connectivity index (χ3n) is 7.84. The van der Waals surface area contributed by atoms with Crippen LogP contribution in [0.3, 0.4) is 0 Å². The van der Waals surface area contributed by atoms with Crippen molar-refractivity contribution in [1.82, 2.24) is 0 Å². The van der Waals surface area contributed by atoms with Gasteiger partial charge in [-0.1, -0.05) is 63.6 Å². The Hall–Kier alpha value is -1.81. The molecule has 1 heterocycles. The number of benzene rings is 2. The average molecular weight is 607 g/mol. The van der Waals surface area contributed by atoms with Gasteiger partial charge in [-0.05, 0) is 60.6 Å². The fourth-order valence-electron chi connectivity index (χ4n) is 5.40. The molecule has 0 amide bonds. The van der Waals surface area contributed by atoms with Crippen molar-refractivity contribution < 1.29 is 36.4 Å². The summed E-state index contributed by atoms with van der Waals surface area (Å²) in [6.45, 7) is 2.28. The highest BCUT2D eigenvalue weighted by atomic mass is 32.2. The highest BCUT2D eigenvalue weighted by Gasteiger charge is 2.56. The van der Waals surface area contributed by atoms with Gasteiger partial charge in [-0.15, -0.1) is 11.8 Å². The normalized spacial score (nSPS) is 20.3. The summed E-state index contributed by atoms with van der Waals surface area (Å²) in [6, 6.07) is 13.1. The van der Waals surface area contributed by atoms with Gasteiger partial charge in [0.05, 0.1) is 0 Å². The molecule has 0 saturated heterocycles. The Morgan fingerprint density at radius 1 is 0.850 bits per heavy atom. The Balaban J connectivity index is 1.38. The van der Waals surface area contributed by atoms with Gasteiger partial charge in [0.25, 0.3) is 0 Å². The van der Waals surface area contributed by atoms with E-state index in [1.165, 1.54) is 11.1 Å². The lowest BCUT2D eigenvalue weighted by Crippen LogP contribution is -2.36. The highest BCUT2D eigenvalue weighted by molar-refractivity contribution is 7.99. The van der Waals surface area contributed by atoms with Crippen LogP contribution in [0.2, 0.25) is 0 Å². The van der Waals surface area contributed by atoms with Crippen LogP contribution in [0.1, 0.15) is 88.2 Å². The third-order valence-corrected chi connectivity index (χ3v) is 10.7. The predicted molar refractivity (Wildman–Crippen MR) is 152 cm³/mol. The minimum atomic E-state index is -5.55. The molecular weight excluding hydrogens is 567 g/mol. The Morgan fingerprint density at radius 3 is 2.08 bits per heavy atom. The first kappa shape index (κ1) is 32.7. The first-order valence-corrected chi connectivity index (χ1v) is 16.4. The minimum Gasteiger partial charge on any atom is -0.508 e. The lowest BCUT2D eigenvalue weighted by molar-refractivity contribution is -0.284. The van der Waals surface area contributed by atoms with Crippen molar-refractivity contribution in [2.75, 3.05) is 17.3 Å². The molecule has 0 saturated carbocycles. The molecule has 0 aliphatic carbocycles. The Bertz CT molecular complexity index is 1110. The maximum absolute atomic E-state index is 12.9. The summed E-state index contributed by atoms with van der Waals surface area (Å²) in [6.07, 6.45) is 0.457. The number of fused-ring (bicyclic) bond motifs is 1. The average Bonchev–Trinajstić information content (AvgIpc) is 2.88. The largest absolute Gasteiger partial charge is 0.508 e. The van der Waals surface area contributed by atoms with Crippen LogP contribution in [0.15, 0.2) is 47.4 Å². The molecule has 2 N–H and O–H groups in total. The lowest BCUT2D eigenvalue weighted by atomic mass is 9.68. The number of unbranched alkanes of at least 4 members (excludes halogenated alkanes) is 6. The number of hydrogen-bond acceptors (Lipinski definition) is 4. The van der Waals surface area contributed by atoms with E-state index in [0.717, 1.165) is 55.6 Å². The van der Waals surface area contributed by atoms with Crippen LogP contribution < -0.4 is 0 Å². The van der Waals surface area contributed by atoms with Crippen LogP contribution in [0.5, 0.6) is 11.5 Å². The molecular formula is C30H39F5O3S2. The second kappa shape index (κ2) is 14.4. The predicted octanol–water partition coefficient (Wildman–Crippen LogP) is 9.09. The van der Waals surface area contributed by atoms with Crippen LogP contribution in [0.4, 0.5) is 22.0 Å². The van der Waals surface area contributed by atoms with Crippen molar-refractivity contribution in [3.05, 3.63) is 53.6 Å². The number of aromatic hydroxyl groups is 2. The molecule has 3 nitrogen and oxygen atoms in total. The molecule has 224 valence electrons. The standard InChI is InChI=1S/C30H39F5O3S2/c1-28(22-11-13-23(36)14-12-22)21-39-27-20-24(37)15-16-25(27)26(28)10-7-5-3-2-4-6-8-18-40(38)19-9-17-29(31,32)30(33,34)35/h11-16,20,26,36-37H,2-10,17-19,21H2,1H3/t26-,28-,40?/m1/s1. The number of rotatable bonds is 15. The number of phenols is 2. The summed E-state index contributed by atoms with van der Waals surface area (Å²) in [5.41, 5.74) is 2.33. The number of thioether (sulfide) groups is 1. The fourth-order valence-corrected chi connectivity index (χ4v) is 8.00. The van der Waals surface area contributed by atoms with Crippen LogP contribution in [-0.4, -0.2) is 43.8 Å². The molecule has 3 atom stereocenters. The SMILES string of the molecule is C[C@]1(c2ccc(O)cc2)CSc2cc(O)ccc2[C@H]1CCCCCCCCCS(=O)CCCC(F)(F)C(F)(F)F. The molecule has 2 aromatic rings. The molecule has 40 heavy (non-hydrogen) atoms. The van der Waals surface area contributed by atoms with Crippen molar-refractivity contribution >= 4 is 22.6 Å². The maximum atomic E-state index is 12.9. The summed E-state index contributed by atoms with van der Waals surface area (Å²) in [7, 11) is -1.37. The molecule has 1 unspecified atom stereocenters. The van der Waals surface area contributed by atoms with Gasteiger partial charge in [-0.3, -0.25) is 4.21 Å². The van der Waals surface area contributed by atoms with Crippen LogP contribution in [0, 0.1) is 0 Å². The Kier molecular flexibility index (Phi) is 11.8. The van der Waals surface area contributed by atoms with E-state index in [4.69, 9.17) is 0 Å². The van der Waals surface area contributed by atoms with E-state index in [-0.39, 0.29) is 28.6 Å². The van der Waals surface area contributed by atoms with Gasteiger partial charge in [0.2, 0.25) is 0 Å². The van der Waals surface area contributed by atoms with E-state index in [9.17, 15) is 36.4 Å². The number of hydrogen-bond donors (Lipinski definition) is 2. The van der Waals surface area contributed by atoms with Gasteiger partial charge in [-0.2, -0.15) is 22.0 Å². The van der Waals surface area contributed by atoms with Crippen LogP contribution in [0.25, 0.3) is 0 Å². The molecule has 3 rings (SSSR count). The molecule has 0 spiro atoms. The third kappa shape index (κ3) is 8.84. The van der Waals surface area contributed by atoms with E-state index < -0.39 is 35.7 Å². The monoisotopic (exact) mass is 606 g/mol. The molecule has 1 aliphatic rings.